The van der Waals surface area contributed by atoms with E-state index in [2.05, 4.69) is 10.3 Å². The van der Waals surface area contributed by atoms with E-state index in [4.69, 9.17) is 21.1 Å². The van der Waals surface area contributed by atoms with Crippen LogP contribution in [-0.4, -0.2) is 42.4 Å². The van der Waals surface area contributed by atoms with Gasteiger partial charge in [-0.3, -0.25) is 4.79 Å². The van der Waals surface area contributed by atoms with Gasteiger partial charge >= 0.3 is 0 Å². The molecule has 0 aliphatic heterocycles. The number of ether oxygens (including phenoxy) is 2. The molecule has 23 heavy (non-hydrogen) atoms. The molecule has 0 saturated heterocycles. The SMILES string of the molecule is COCCNC(=O)c1nc(Cl)c2cc(OC(C)C)ccc2c1O. The van der Waals surface area contributed by atoms with Crippen LogP contribution in [0.2, 0.25) is 5.15 Å². The first-order valence-corrected chi connectivity index (χ1v) is 7.57. The molecule has 2 rings (SSSR count). The first kappa shape index (κ1) is 17.3. The first-order chi connectivity index (χ1) is 10.9. The lowest BCUT2D eigenvalue weighted by Crippen LogP contribution is -2.27. The van der Waals surface area contributed by atoms with Crippen LogP contribution in [0.15, 0.2) is 18.2 Å². The normalized spacial score (nSPS) is 11.0. The number of halogens is 1. The first-order valence-electron chi connectivity index (χ1n) is 7.20. The van der Waals surface area contributed by atoms with Crippen LogP contribution in [0.3, 0.4) is 0 Å². The van der Waals surface area contributed by atoms with Gasteiger partial charge in [0.15, 0.2) is 11.4 Å². The third-order valence-corrected chi connectivity index (χ3v) is 3.37. The summed E-state index contributed by atoms with van der Waals surface area (Å²) in [5.74, 6) is -0.103. The van der Waals surface area contributed by atoms with Crippen molar-refractivity contribution in [3.8, 4) is 11.5 Å². The van der Waals surface area contributed by atoms with Gasteiger partial charge in [0.05, 0.1) is 12.7 Å². The number of benzene rings is 1. The number of amides is 1. The summed E-state index contributed by atoms with van der Waals surface area (Å²) < 4.78 is 10.5. The van der Waals surface area contributed by atoms with Gasteiger partial charge in [0.2, 0.25) is 0 Å². The highest BCUT2D eigenvalue weighted by Gasteiger charge is 2.18. The fraction of sp³-hybridized carbons (Fsp3) is 0.375. The van der Waals surface area contributed by atoms with Gasteiger partial charge in [-0.05, 0) is 32.0 Å². The van der Waals surface area contributed by atoms with Crippen molar-refractivity contribution in [2.24, 2.45) is 0 Å². The molecule has 1 amide bonds. The molecule has 7 heteroatoms. The van der Waals surface area contributed by atoms with E-state index in [0.717, 1.165) is 0 Å². The Balaban J connectivity index is 2.39. The van der Waals surface area contributed by atoms with E-state index < -0.39 is 5.91 Å². The summed E-state index contributed by atoms with van der Waals surface area (Å²) in [5, 5.41) is 14.0. The number of rotatable bonds is 6. The lowest BCUT2D eigenvalue weighted by Gasteiger charge is -2.13. The summed E-state index contributed by atoms with van der Waals surface area (Å²) in [6.07, 6.45) is 0.0126. The maximum absolute atomic E-state index is 12.1. The molecule has 0 fully saturated rings. The van der Waals surface area contributed by atoms with Crippen molar-refractivity contribution in [1.82, 2.24) is 10.3 Å². The van der Waals surface area contributed by atoms with Crippen LogP contribution < -0.4 is 10.1 Å². The van der Waals surface area contributed by atoms with Gasteiger partial charge in [0.1, 0.15) is 10.9 Å². The largest absolute Gasteiger partial charge is 0.505 e. The number of fused-ring (bicyclic) bond motifs is 1. The van der Waals surface area contributed by atoms with Gasteiger partial charge in [-0.2, -0.15) is 0 Å². The van der Waals surface area contributed by atoms with Crippen LogP contribution in [-0.2, 0) is 4.74 Å². The lowest BCUT2D eigenvalue weighted by molar-refractivity contribution is 0.0929. The molecule has 0 spiro atoms. The fourth-order valence-electron chi connectivity index (χ4n) is 2.09. The minimum atomic E-state index is -0.508. The van der Waals surface area contributed by atoms with E-state index >= 15 is 0 Å². The zero-order valence-corrected chi connectivity index (χ0v) is 14.0. The van der Waals surface area contributed by atoms with Crippen molar-refractivity contribution in [2.75, 3.05) is 20.3 Å². The van der Waals surface area contributed by atoms with Crippen molar-refractivity contribution in [3.63, 3.8) is 0 Å². The Morgan fingerprint density at radius 2 is 2.13 bits per heavy atom. The third-order valence-electron chi connectivity index (χ3n) is 3.08. The van der Waals surface area contributed by atoms with E-state index in [1.165, 1.54) is 7.11 Å². The van der Waals surface area contributed by atoms with Gasteiger partial charge in [0.25, 0.3) is 5.91 Å². The Morgan fingerprint density at radius 3 is 2.78 bits per heavy atom. The van der Waals surface area contributed by atoms with E-state index in [1.54, 1.807) is 18.2 Å². The Kier molecular flexibility index (Phi) is 5.63. The Bertz CT molecular complexity index is 719. The summed E-state index contributed by atoms with van der Waals surface area (Å²) in [4.78, 5) is 16.1. The monoisotopic (exact) mass is 338 g/mol. The van der Waals surface area contributed by atoms with Gasteiger partial charge < -0.3 is 19.9 Å². The highest BCUT2D eigenvalue weighted by atomic mass is 35.5. The third kappa shape index (κ3) is 4.03. The quantitative estimate of drug-likeness (QED) is 0.625. The number of nitrogens with zero attached hydrogens (tertiary/aromatic N) is 1. The molecule has 1 aromatic heterocycles. The number of carbonyl (C=O) groups excluding carboxylic acids is 1. The number of methoxy groups -OCH3 is 1. The molecule has 0 aliphatic carbocycles. The number of nitrogens with one attached hydrogen (secondary N) is 1. The van der Waals surface area contributed by atoms with Crippen molar-refractivity contribution < 1.29 is 19.4 Å². The number of aromatic nitrogens is 1. The molecule has 0 unspecified atom stereocenters. The van der Waals surface area contributed by atoms with Crippen LogP contribution in [0.25, 0.3) is 10.8 Å². The van der Waals surface area contributed by atoms with Crippen LogP contribution >= 0.6 is 11.6 Å². The summed E-state index contributed by atoms with van der Waals surface area (Å²) >= 11 is 6.17. The van der Waals surface area contributed by atoms with E-state index in [-0.39, 0.29) is 22.7 Å². The number of pyridine rings is 1. The second-order valence-corrected chi connectivity index (χ2v) is 5.58. The molecule has 0 atom stereocenters. The second kappa shape index (κ2) is 7.48. The molecular formula is C16H19ClN2O4. The smallest absolute Gasteiger partial charge is 0.273 e. The average molecular weight is 339 g/mol. The average Bonchev–Trinajstić information content (AvgIpc) is 2.50. The van der Waals surface area contributed by atoms with Crippen LogP contribution in [0.4, 0.5) is 0 Å². The van der Waals surface area contributed by atoms with Crippen molar-refractivity contribution in [2.45, 2.75) is 20.0 Å². The lowest BCUT2D eigenvalue weighted by atomic mass is 10.1. The summed E-state index contributed by atoms with van der Waals surface area (Å²) in [6.45, 7) is 4.50. The van der Waals surface area contributed by atoms with Crippen LogP contribution in [0, 0.1) is 0 Å². The molecule has 0 saturated carbocycles. The Labute approximate surface area is 139 Å². The van der Waals surface area contributed by atoms with E-state index in [0.29, 0.717) is 29.7 Å². The number of aromatic hydroxyl groups is 1. The number of hydrogen-bond acceptors (Lipinski definition) is 5. The minimum absolute atomic E-state index is 0.0126. The fourth-order valence-corrected chi connectivity index (χ4v) is 2.33. The number of carbonyl (C=O) groups is 1. The number of hydrogen-bond donors (Lipinski definition) is 2. The zero-order chi connectivity index (χ0) is 17.0. The zero-order valence-electron chi connectivity index (χ0n) is 13.2. The standard InChI is InChI=1S/C16H19ClN2O4/c1-9(2)23-10-4-5-11-12(8-10)15(17)19-13(14(11)20)16(21)18-6-7-22-3/h4-5,8-9,20H,6-7H2,1-3H3,(H,18,21). The van der Waals surface area contributed by atoms with Gasteiger partial charge in [-0.15, -0.1) is 0 Å². The molecule has 0 aliphatic rings. The molecule has 2 N–H and O–H groups in total. The minimum Gasteiger partial charge on any atom is -0.505 e. The van der Waals surface area contributed by atoms with Crippen LogP contribution in [0.5, 0.6) is 11.5 Å². The van der Waals surface area contributed by atoms with Gasteiger partial charge in [-0.25, -0.2) is 4.98 Å². The van der Waals surface area contributed by atoms with E-state index in [1.807, 2.05) is 13.8 Å². The molecule has 2 aromatic rings. The molecule has 6 nitrogen and oxygen atoms in total. The van der Waals surface area contributed by atoms with Crippen LogP contribution in [0.1, 0.15) is 24.3 Å². The molecular weight excluding hydrogens is 320 g/mol. The highest BCUT2D eigenvalue weighted by molar-refractivity contribution is 6.35. The molecule has 0 bridgehead atoms. The Morgan fingerprint density at radius 1 is 1.39 bits per heavy atom. The van der Waals surface area contributed by atoms with Gasteiger partial charge in [0, 0.05) is 24.4 Å². The predicted octanol–water partition coefficient (Wildman–Crippen LogP) is 2.76. The second-order valence-electron chi connectivity index (χ2n) is 5.22. The highest BCUT2D eigenvalue weighted by Crippen LogP contribution is 2.34. The summed E-state index contributed by atoms with van der Waals surface area (Å²) in [7, 11) is 1.53. The van der Waals surface area contributed by atoms with Crippen molar-refractivity contribution in [1.29, 1.82) is 0 Å². The summed E-state index contributed by atoms with van der Waals surface area (Å²) in [5.41, 5.74) is -0.115. The van der Waals surface area contributed by atoms with Gasteiger partial charge in [-0.1, -0.05) is 11.6 Å². The molecule has 1 aromatic carbocycles. The van der Waals surface area contributed by atoms with Crippen molar-refractivity contribution >= 4 is 28.3 Å². The predicted molar refractivity (Wildman–Crippen MR) is 88.4 cm³/mol. The molecule has 124 valence electrons. The van der Waals surface area contributed by atoms with Crippen molar-refractivity contribution in [3.05, 3.63) is 29.0 Å². The maximum atomic E-state index is 12.1. The summed E-state index contributed by atoms with van der Waals surface area (Å²) in [6, 6.07) is 5.06. The Hall–Kier alpha value is -2.05. The van der Waals surface area contributed by atoms with E-state index in [9.17, 15) is 9.90 Å². The molecule has 1 heterocycles. The molecule has 0 radical (unpaired) electrons. The topological polar surface area (TPSA) is 80.7 Å². The maximum Gasteiger partial charge on any atom is 0.273 e.